The molecule has 0 radical (unpaired) electrons. The van der Waals surface area contributed by atoms with Crippen molar-refractivity contribution in [3.05, 3.63) is 28.9 Å². The summed E-state index contributed by atoms with van der Waals surface area (Å²) in [6.45, 7) is 7.06. The maximum atomic E-state index is 4.66. The molecule has 1 aliphatic rings. The third kappa shape index (κ3) is 3.00. The van der Waals surface area contributed by atoms with Crippen LogP contribution < -0.4 is 5.32 Å². The molecule has 0 aliphatic heterocycles. The van der Waals surface area contributed by atoms with Crippen molar-refractivity contribution in [3.63, 3.8) is 0 Å². The third-order valence-electron chi connectivity index (χ3n) is 4.25. The van der Waals surface area contributed by atoms with Gasteiger partial charge in [0.25, 0.3) is 0 Å². The summed E-state index contributed by atoms with van der Waals surface area (Å²) in [7, 11) is 0. The molecule has 0 atom stereocenters. The van der Waals surface area contributed by atoms with Crippen molar-refractivity contribution < 1.29 is 0 Å². The van der Waals surface area contributed by atoms with Gasteiger partial charge in [-0.15, -0.1) is 21.5 Å². The number of fused-ring (bicyclic) bond motifs is 1. The van der Waals surface area contributed by atoms with E-state index in [0.29, 0.717) is 18.5 Å². The van der Waals surface area contributed by atoms with Gasteiger partial charge in [-0.05, 0) is 43.0 Å². The monoisotopic (exact) mass is 342 g/mol. The van der Waals surface area contributed by atoms with E-state index < -0.39 is 0 Å². The minimum atomic E-state index is 0.585. The second kappa shape index (κ2) is 6.12. The Morgan fingerprint density at radius 3 is 2.92 bits per heavy atom. The molecule has 0 unspecified atom stereocenters. The topological polar surface area (TPSA) is 68.5 Å². The molecule has 0 amide bonds. The lowest BCUT2D eigenvalue weighted by molar-refractivity contribution is 0.651. The lowest BCUT2D eigenvalue weighted by Gasteiger charge is -2.11. The van der Waals surface area contributed by atoms with Crippen molar-refractivity contribution in [1.29, 1.82) is 0 Å². The van der Waals surface area contributed by atoms with Gasteiger partial charge >= 0.3 is 0 Å². The van der Waals surface area contributed by atoms with Crippen LogP contribution in [0.3, 0.4) is 0 Å². The van der Waals surface area contributed by atoms with Crippen LogP contribution in [0.25, 0.3) is 10.2 Å². The molecule has 6 nitrogen and oxygen atoms in total. The highest BCUT2D eigenvalue weighted by molar-refractivity contribution is 7.17. The number of nitrogens with zero attached hydrogens (tertiary/aromatic N) is 5. The molecular weight excluding hydrogens is 320 g/mol. The Morgan fingerprint density at radius 2 is 2.17 bits per heavy atom. The van der Waals surface area contributed by atoms with Crippen LogP contribution in [0.15, 0.2) is 11.7 Å². The summed E-state index contributed by atoms with van der Waals surface area (Å²) in [5.41, 5.74) is 1.33. The van der Waals surface area contributed by atoms with Crippen LogP contribution in [0, 0.1) is 12.8 Å². The van der Waals surface area contributed by atoms with E-state index in [-0.39, 0.29) is 0 Å². The van der Waals surface area contributed by atoms with E-state index in [1.807, 2.05) is 13.3 Å². The van der Waals surface area contributed by atoms with Gasteiger partial charge in [0.2, 0.25) is 0 Å². The largest absolute Gasteiger partial charge is 0.362 e. The van der Waals surface area contributed by atoms with Crippen molar-refractivity contribution in [2.24, 2.45) is 5.92 Å². The Labute approximate surface area is 145 Å². The molecule has 0 aromatic carbocycles. The fourth-order valence-electron chi connectivity index (χ4n) is 3.04. The molecule has 0 bridgehead atoms. The number of rotatable bonds is 6. The Balaban J connectivity index is 1.64. The van der Waals surface area contributed by atoms with E-state index in [9.17, 15) is 0 Å². The van der Waals surface area contributed by atoms with Crippen LogP contribution in [0.5, 0.6) is 0 Å². The molecule has 3 aromatic rings. The van der Waals surface area contributed by atoms with Gasteiger partial charge < -0.3 is 9.88 Å². The van der Waals surface area contributed by atoms with E-state index in [0.717, 1.165) is 34.1 Å². The van der Waals surface area contributed by atoms with Crippen LogP contribution in [0.1, 0.15) is 49.9 Å². The number of anilines is 1. The highest BCUT2D eigenvalue weighted by atomic mass is 32.1. The zero-order valence-corrected chi connectivity index (χ0v) is 15.1. The summed E-state index contributed by atoms with van der Waals surface area (Å²) in [4.78, 5) is 10.3. The molecule has 126 valence electrons. The number of aromatic nitrogens is 5. The van der Waals surface area contributed by atoms with E-state index in [2.05, 4.69) is 49.3 Å². The first kappa shape index (κ1) is 15.5. The fourth-order valence-corrected chi connectivity index (χ4v) is 4.04. The summed E-state index contributed by atoms with van der Waals surface area (Å²) in [5.74, 6) is 3.30. The van der Waals surface area contributed by atoms with E-state index in [4.69, 9.17) is 0 Å². The van der Waals surface area contributed by atoms with Crippen LogP contribution in [0.2, 0.25) is 0 Å². The zero-order chi connectivity index (χ0) is 16.7. The molecule has 1 N–H and O–H groups in total. The molecule has 0 saturated heterocycles. The quantitative estimate of drug-likeness (QED) is 0.739. The first-order valence-corrected chi connectivity index (χ1v) is 9.36. The number of hydrogen-bond acceptors (Lipinski definition) is 6. The average Bonchev–Trinajstić information content (AvgIpc) is 3.14. The van der Waals surface area contributed by atoms with Gasteiger partial charge in [-0.2, -0.15) is 0 Å². The molecule has 0 spiro atoms. The third-order valence-corrected chi connectivity index (χ3v) is 5.17. The van der Waals surface area contributed by atoms with Gasteiger partial charge in [0.05, 0.1) is 11.9 Å². The Hall–Kier alpha value is -2.02. The SMILES string of the molecule is Cc1nc(NCc2nncn2C2CC2)c2c(CC(C)C)csc2n1. The van der Waals surface area contributed by atoms with Gasteiger partial charge in [0.15, 0.2) is 5.82 Å². The van der Waals surface area contributed by atoms with Crippen LogP contribution in [0.4, 0.5) is 5.82 Å². The van der Waals surface area contributed by atoms with Gasteiger partial charge in [0.1, 0.15) is 22.8 Å². The Morgan fingerprint density at radius 1 is 1.33 bits per heavy atom. The first-order chi connectivity index (χ1) is 11.6. The van der Waals surface area contributed by atoms with Gasteiger partial charge in [-0.3, -0.25) is 0 Å². The Bertz CT molecular complexity index is 861. The highest BCUT2D eigenvalue weighted by Crippen LogP contribution is 2.35. The summed E-state index contributed by atoms with van der Waals surface area (Å²) < 4.78 is 2.18. The van der Waals surface area contributed by atoms with E-state index >= 15 is 0 Å². The number of nitrogens with one attached hydrogen (secondary N) is 1. The molecular formula is C17H22N6S. The van der Waals surface area contributed by atoms with Crippen molar-refractivity contribution in [1.82, 2.24) is 24.7 Å². The molecule has 24 heavy (non-hydrogen) atoms. The van der Waals surface area contributed by atoms with Crippen LogP contribution in [-0.2, 0) is 13.0 Å². The second-order valence-electron chi connectivity index (χ2n) is 6.90. The smallest absolute Gasteiger partial charge is 0.152 e. The summed E-state index contributed by atoms with van der Waals surface area (Å²) >= 11 is 1.70. The zero-order valence-electron chi connectivity index (χ0n) is 14.3. The minimum absolute atomic E-state index is 0.585. The fraction of sp³-hybridized carbons (Fsp3) is 0.529. The van der Waals surface area contributed by atoms with Crippen molar-refractivity contribution in [2.75, 3.05) is 5.32 Å². The maximum absolute atomic E-state index is 4.66. The van der Waals surface area contributed by atoms with Crippen molar-refractivity contribution in [3.8, 4) is 0 Å². The lowest BCUT2D eigenvalue weighted by atomic mass is 10.0. The summed E-state index contributed by atoms with van der Waals surface area (Å²) in [6.07, 6.45) is 5.33. The number of aryl methyl sites for hydroxylation is 1. The molecule has 1 fully saturated rings. The molecule has 1 saturated carbocycles. The normalized spacial score (nSPS) is 14.7. The van der Waals surface area contributed by atoms with Crippen LogP contribution >= 0.6 is 11.3 Å². The lowest BCUT2D eigenvalue weighted by Crippen LogP contribution is -2.09. The average molecular weight is 342 g/mol. The first-order valence-electron chi connectivity index (χ1n) is 8.48. The number of hydrogen-bond donors (Lipinski definition) is 1. The van der Waals surface area contributed by atoms with Crippen LogP contribution in [-0.4, -0.2) is 24.7 Å². The van der Waals surface area contributed by atoms with Gasteiger partial charge in [-0.25, -0.2) is 9.97 Å². The standard InChI is InChI=1S/C17H22N6S/c1-10(2)6-12-8-24-17-15(12)16(20-11(3)21-17)18-7-14-22-19-9-23(14)13-4-5-13/h8-10,13H,4-7H2,1-3H3,(H,18,20,21). The van der Waals surface area contributed by atoms with Crippen molar-refractivity contribution >= 4 is 27.4 Å². The van der Waals surface area contributed by atoms with E-state index in [1.165, 1.54) is 18.4 Å². The Kier molecular flexibility index (Phi) is 3.96. The van der Waals surface area contributed by atoms with Gasteiger partial charge in [0, 0.05) is 6.04 Å². The second-order valence-corrected chi connectivity index (χ2v) is 7.76. The molecule has 4 rings (SSSR count). The van der Waals surface area contributed by atoms with Gasteiger partial charge in [-0.1, -0.05) is 13.8 Å². The summed E-state index contributed by atoms with van der Waals surface area (Å²) in [5, 5.41) is 15.2. The maximum Gasteiger partial charge on any atom is 0.152 e. The molecule has 3 aromatic heterocycles. The number of thiophene rings is 1. The predicted molar refractivity (Wildman–Crippen MR) is 96.3 cm³/mol. The molecule has 1 aliphatic carbocycles. The molecule has 3 heterocycles. The highest BCUT2D eigenvalue weighted by Gasteiger charge is 2.26. The molecule has 7 heteroatoms. The van der Waals surface area contributed by atoms with E-state index in [1.54, 1.807) is 11.3 Å². The predicted octanol–water partition coefficient (Wildman–Crippen LogP) is 3.74. The minimum Gasteiger partial charge on any atom is -0.362 e. The summed E-state index contributed by atoms with van der Waals surface area (Å²) in [6, 6.07) is 0.585. The van der Waals surface area contributed by atoms with Crippen molar-refractivity contribution in [2.45, 2.75) is 52.6 Å².